The summed E-state index contributed by atoms with van der Waals surface area (Å²) in [5.74, 6) is -2.80. The van der Waals surface area contributed by atoms with E-state index in [9.17, 15) is 24.3 Å². The van der Waals surface area contributed by atoms with Gasteiger partial charge in [0, 0.05) is 26.2 Å². The molecule has 0 unspecified atom stereocenters. The highest BCUT2D eigenvalue weighted by atomic mass is 79.9. The van der Waals surface area contributed by atoms with Gasteiger partial charge in [-0.25, -0.2) is 19.3 Å². The number of likely N-dealkylation sites (N-methyl/N-ethyl adjacent to an activating group) is 1. The highest BCUT2D eigenvalue weighted by molar-refractivity contribution is 9.10. The van der Waals surface area contributed by atoms with Crippen molar-refractivity contribution in [2.75, 3.05) is 13.6 Å². The van der Waals surface area contributed by atoms with Crippen molar-refractivity contribution in [2.24, 2.45) is 11.8 Å². The number of hydrogen-bond acceptors (Lipinski definition) is 7. The van der Waals surface area contributed by atoms with E-state index in [1.54, 1.807) is 46.9 Å². The number of nitrogens with one attached hydrogen (secondary N) is 1. The van der Waals surface area contributed by atoms with E-state index in [2.05, 4.69) is 31.3 Å². The molecule has 1 aromatic rings. The summed E-state index contributed by atoms with van der Waals surface area (Å²) in [5.41, 5.74) is -0.723. The van der Waals surface area contributed by atoms with Crippen molar-refractivity contribution in [3.8, 4) is 0 Å². The third-order valence-electron chi connectivity index (χ3n) is 6.17. The molecule has 4 atom stereocenters. The van der Waals surface area contributed by atoms with E-state index in [0.29, 0.717) is 13.0 Å². The van der Waals surface area contributed by atoms with Gasteiger partial charge in [0.1, 0.15) is 23.5 Å². The molecule has 1 fully saturated rings. The minimum Gasteiger partial charge on any atom is -0.480 e. The Morgan fingerprint density at radius 3 is 2.53 bits per heavy atom. The summed E-state index contributed by atoms with van der Waals surface area (Å²) in [5, 5.41) is 16.6. The smallest absolute Gasteiger partial charge is 0.410 e. The number of aliphatic carboxylic acids is 1. The summed E-state index contributed by atoms with van der Waals surface area (Å²) in [4.78, 5) is 59.0. The van der Waals surface area contributed by atoms with Crippen molar-refractivity contribution >= 4 is 46.0 Å². The molecule has 13 heteroatoms. The average molecular weight is 569 g/mol. The Hall–Kier alpha value is -2.96. The molecule has 1 saturated heterocycles. The number of likely N-dealkylation sites (tertiary alicyclic amines) is 1. The zero-order chi connectivity index (χ0) is 26.9. The van der Waals surface area contributed by atoms with Crippen LogP contribution in [0.2, 0.25) is 0 Å². The standard InChI is InChI=1S/C23H33BrN6O6/c1-12(2)17-18(31)25-14(20(33)34)11-16-26-21(24)27-30(16)10-8-15-13(19(32)28(17)6)7-9-29(15)22(35)36-23(3,4)5/h8,10,12-15,17H,7,9,11H2,1-6H3,(H,25,31)(H,33,34)/b10-8+/t13-,14-,15+,17-/m0/s1. The highest BCUT2D eigenvalue weighted by Crippen LogP contribution is 2.30. The molecule has 0 aliphatic carbocycles. The number of ether oxygens (including phenoxy) is 1. The van der Waals surface area contributed by atoms with Crippen LogP contribution in [0.15, 0.2) is 10.8 Å². The van der Waals surface area contributed by atoms with Gasteiger partial charge in [0.05, 0.1) is 12.0 Å². The summed E-state index contributed by atoms with van der Waals surface area (Å²) in [6.07, 6.45) is 2.90. The van der Waals surface area contributed by atoms with Crippen LogP contribution in [0.5, 0.6) is 0 Å². The molecule has 0 bridgehead atoms. The molecule has 0 radical (unpaired) electrons. The number of amides is 3. The van der Waals surface area contributed by atoms with E-state index < -0.39 is 47.6 Å². The van der Waals surface area contributed by atoms with Gasteiger partial charge in [-0.15, -0.1) is 5.10 Å². The number of hydrogen-bond donors (Lipinski definition) is 2. The minimum atomic E-state index is -1.29. The van der Waals surface area contributed by atoms with E-state index in [-0.39, 0.29) is 28.8 Å². The maximum absolute atomic E-state index is 13.7. The Morgan fingerprint density at radius 2 is 1.94 bits per heavy atom. The summed E-state index contributed by atoms with van der Waals surface area (Å²) in [6.45, 7) is 9.16. The molecule has 2 aliphatic heterocycles. The lowest BCUT2D eigenvalue weighted by Crippen LogP contribution is -2.56. The topological polar surface area (TPSA) is 147 Å². The van der Waals surface area contributed by atoms with E-state index in [1.807, 2.05) is 0 Å². The van der Waals surface area contributed by atoms with Crippen LogP contribution >= 0.6 is 15.9 Å². The van der Waals surface area contributed by atoms with Gasteiger partial charge in [-0.3, -0.25) is 9.59 Å². The first kappa shape index (κ1) is 27.6. The lowest BCUT2D eigenvalue weighted by molar-refractivity contribution is -0.146. The van der Waals surface area contributed by atoms with Crippen LogP contribution in [0.25, 0.3) is 6.20 Å². The second-order valence-corrected chi connectivity index (χ2v) is 11.1. The van der Waals surface area contributed by atoms with Crippen molar-refractivity contribution in [1.29, 1.82) is 0 Å². The quantitative estimate of drug-likeness (QED) is 0.548. The van der Waals surface area contributed by atoms with Crippen LogP contribution in [-0.4, -0.2) is 90.9 Å². The molecule has 3 amide bonds. The molecule has 3 heterocycles. The molecule has 0 spiro atoms. The molecule has 36 heavy (non-hydrogen) atoms. The lowest BCUT2D eigenvalue weighted by atomic mass is 9.95. The van der Waals surface area contributed by atoms with Gasteiger partial charge in [-0.2, -0.15) is 0 Å². The van der Waals surface area contributed by atoms with Crippen LogP contribution in [0.4, 0.5) is 4.79 Å². The number of fused-ring (bicyclic) bond motifs is 2. The third kappa shape index (κ3) is 6.05. The predicted molar refractivity (Wildman–Crippen MR) is 133 cm³/mol. The van der Waals surface area contributed by atoms with Gasteiger partial charge in [0.2, 0.25) is 16.5 Å². The number of carbonyl (C=O) groups excluding carboxylic acids is 3. The normalized spacial score (nSPS) is 26.3. The fourth-order valence-corrected chi connectivity index (χ4v) is 4.95. The fourth-order valence-electron chi connectivity index (χ4n) is 4.58. The van der Waals surface area contributed by atoms with Gasteiger partial charge in [0.15, 0.2) is 0 Å². The number of rotatable bonds is 2. The number of nitrogens with zero attached hydrogens (tertiary/aromatic N) is 5. The van der Waals surface area contributed by atoms with Crippen molar-refractivity contribution < 1.29 is 29.0 Å². The highest BCUT2D eigenvalue weighted by Gasteiger charge is 2.45. The molecule has 3 rings (SSSR count). The van der Waals surface area contributed by atoms with Gasteiger partial charge in [-0.1, -0.05) is 13.8 Å². The number of carboxylic acid groups (broad SMARTS) is 1. The molecule has 0 saturated carbocycles. The van der Waals surface area contributed by atoms with Crippen LogP contribution in [0.1, 0.15) is 46.9 Å². The Kier molecular flexibility index (Phi) is 8.11. The Bertz CT molecular complexity index is 1060. The van der Waals surface area contributed by atoms with E-state index in [0.717, 1.165) is 0 Å². The van der Waals surface area contributed by atoms with Crippen LogP contribution < -0.4 is 5.32 Å². The second kappa shape index (κ2) is 10.6. The summed E-state index contributed by atoms with van der Waals surface area (Å²) in [7, 11) is 1.53. The molecule has 2 N–H and O–H groups in total. The van der Waals surface area contributed by atoms with E-state index >= 15 is 0 Å². The molecule has 1 aromatic heterocycles. The van der Waals surface area contributed by atoms with Crippen LogP contribution in [-0.2, 0) is 25.5 Å². The summed E-state index contributed by atoms with van der Waals surface area (Å²) < 4.78 is 7.18. The first-order chi connectivity index (χ1) is 16.7. The summed E-state index contributed by atoms with van der Waals surface area (Å²) >= 11 is 3.21. The molecule has 0 aromatic carbocycles. The number of carboxylic acids is 1. The van der Waals surface area contributed by atoms with Crippen molar-refractivity contribution in [3.05, 3.63) is 16.6 Å². The van der Waals surface area contributed by atoms with Crippen molar-refractivity contribution in [1.82, 2.24) is 29.9 Å². The lowest BCUT2D eigenvalue weighted by Gasteiger charge is -2.34. The SMILES string of the molecule is CC(C)[C@H]1C(=O)N[C@H](C(=O)O)Cc2nc(Br)nn2/C=C/[C@@H]2[C@H](CCN2C(=O)OC(C)(C)C)C(=O)N1C. The molecule has 12 nitrogen and oxygen atoms in total. The Morgan fingerprint density at radius 1 is 1.28 bits per heavy atom. The first-order valence-electron chi connectivity index (χ1n) is 11.8. The average Bonchev–Trinajstić information content (AvgIpc) is 3.31. The monoisotopic (exact) mass is 568 g/mol. The zero-order valence-corrected chi connectivity index (χ0v) is 22.9. The van der Waals surface area contributed by atoms with Crippen molar-refractivity contribution in [2.45, 2.75) is 71.2 Å². The zero-order valence-electron chi connectivity index (χ0n) is 21.3. The number of halogens is 1. The second-order valence-electron chi connectivity index (χ2n) is 10.4. The Labute approximate surface area is 218 Å². The van der Waals surface area contributed by atoms with Gasteiger partial charge in [0.25, 0.3) is 0 Å². The van der Waals surface area contributed by atoms with E-state index in [1.165, 1.54) is 21.5 Å². The van der Waals surface area contributed by atoms with Gasteiger partial charge >= 0.3 is 12.1 Å². The van der Waals surface area contributed by atoms with Crippen LogP contribution in [0.3, 0.4) is 0 Å². The van der Waals surface area contributed by atoms with Gasteiger partial charge in [-0.05, 0) is 55.1 Å². The fraction of sp³-hybridized carbons (Fsp3) is 0.652. The minimum absolute atomic E-state index is 0.142. The van der Waals surface area contributed by atoms with Gasteiger partial charge < -0.3 is 25.0 Å². The number of aromatic nitrogens is 3. The predicted octanol–water partition coefficient (Wildman–Crippen LogP) is 1.75. The first-order valence-corrected chi connectivity index (χ1v) is 12.6. The maximum Gasteiger partial charge on any atom is 0.410 e. The maximum atomic E-state index is 13.7. The largest absolute Gasteiger partial charge is 0.480 e. The summed E-state index contributed by atoms with van der Waals surface area (Å²) in [6, 6.07) is -2.87. The third-order valence-corrected chi connectivity index (χ3v) is 6.50. The van der Waals surface area contributed by atoms with Crippen molar-refractivity contribution in [3.63, 3.8) is 0 Å². The van der Waals surface area contributed by atoms with Crippen LogP contribution in [0, 0.1) is 11.8 Å². The number of carbonyl (C=O) groups is 4. The molecular weight excluding hydrogens is 536 g/mol. The van der Waals surface area contributed by atoms with E-state index in [4.69, 9.17) is 4.74 Å². The Balaban J connectivity index is 2.10. The molecule has 198 valence electrons. The molecular formula is C23H33BrN6O6. The molecule has 2 aliphatic rings.